The molecule has 25 heavy (non-hydrogen) atoms. The highest BCUT2D eigenvalue weighted by atomic mass is 19.1. The molecule has 0 amide bonds. The van der Waals surface area contributed by atoms with Gasteiger partial charge in [-0.15, -0.1) is 4.91 Å². The van der Waals surface area contributed by atoms with Gasteiger partial charge in [-0.3, -0.25) is 0 Å². The number of nitrogens with zero attached hydrogens (tertiary/aromatic N) is 2. The molecule has 2 aliphatic rings. The summed E-state index contributed by atoms with van der Waals surface area (Å²) in [7, 11) is 1.80. The van der Waals surface area contributed by atoms with Gasteiger partial charge in [0.25, 0.3) is 0 Å². The van der Waals surface area contributed by atoms with Crippen LogP contribution in [-0.2, 0) is 4.74 Å². The summed E-state index contributed by atoms with van der Waals surface area (Å²) < 4.78 is 19.3. The van der Waals surface area contributed by atoms with E-state index >= 15 is 0 Å². The van der Waals surface area contributed by atoms with Crippen molar-refractivity contribution in [3.8, 4) is 0 Å². The number of aryl methyl sites for hydroxylation is 1. The summed E-state index contributed by atoms with van der Waals surface area (Å²) in [5.41, 5.74) is 1.21. The molecule has 0 spiro atoms. The molecule has 2 fully saturated rings. The van der Waals surface area contributed by atoms with Crippen molar-refractivity contribution < 1.29 is 9.13 Å². The van der Waals surface area contributed by atoms with E-state index in [2.05, 4.69) is 15.4 Å². The van der Waals surface area contributed by atoms with Gasteiger partial charge in [0.05, 0.1) is 11.8 Å². The van der Waals surface area contributed by atoms with E-state index in [4.69, 9.17) is 4.74 Å². The van der Waals surface area contributed by atoms with Crippen LogP contribution in [0.2, 0.25) is 0 Å². The van der Waals surface area contributed by atoms with Crippen LogP contribution >= 0.6 is 0 Å². The third kappa shape index (κ3) is 4.36. The van der Waals surface area contributed by atoms with Crippen molar-refractivity contribution in [2.24, 2.45) is 5.18 Å². The standard InChI is InChI=1S/C19H28FN3O2/c1-13-11-17(20)19(22-24)18(12-13)21-14-7-9-23(10-8-14)15-3-5-16(25-2)6-4-15/h11-12,14-16,21H,3-10H2,1-2H3. The number of benzene rings is 1. The minimum atomic E-state index is -0.551. The Morgan fingerprint density at radius 3 is 2.44 bits per heavy atom. The number of piperidine rings is 1. The van der Waals surface area contributed by atoms with Crippen molar-refractivity contribution in [2.45, 2.75) is 63.6 Å². The van der Waals surface area contributed by atoms with Crippen molar-refractivity contribution >= 4 is 11.4 Å². The molecule has 1 aliphatic carbocycles. The molecule has 1 aliphatic heterocycles. The monoisotopic (exact) mass is 349 g/mol. The second kappa shape index (κ2) is 8.23. The number of nitrogens with one attached hydrogen (secondary N) is 1. The number of nitroso groups, excluding NO2 is 1. The molecule has 1 N–H and O–H groups in total. The first-order chi connectivity index (χ1) is 12.1. The largest absolute Gasteiger partial charge is 0.381 e. The van der Waals surface area contributed by atoms with Gasteiger partial charge in [-0.05, 0) is 68.3 Å². The Bertz CT molecular complexity index is 595. The van der Waals surface area contributed by atoms with Crippen molar-refractivity contribution in [3.05, 3.63) is 28.4 Å². The molecular weight excluding hydrogens is 321 g/mol. The Hall–Kier alpha value is -1.53. The van der Waals surface area contributed by atoms with Crippen LogP contribution in [0.4, 0.5) is 15.8 Å². The minimum absolute atomic E-state index is 0.106. The maximum Gasteiger partial charge on any atom is 0.166 e. The van der Waals surface area contributed by atoms with E-state index in [0.717, 1.165) is 44.3 Å². The van der Waals surface area contributed by atoms with Gasteiger partial charge in [-0.1, -0.05) is 0 Å². The average Bonchev–Trinajstić information content (AvgIpc) is 2.62. The van der Waals surface area contributed by atoms with Crippen LogP contribution in [0.25, 0.3) is 0 Å². The molecule has 1 heterocycles. The van der Waals surface area contributed by atoms with Gasteiger partial charge in [0.2, 0.25) is 0 Å². The molecule has 3 rings (SSSR count). The summed E-state index contributed by atoms with van der Waals surface area (Å²) in [6.45, 7) is 3.90. The van der Waals surface area contributed by atoms with Gasteiger partial charge in [0.1, 0.15) is 0 Å². The van der Waals surface area contributed by atoms with E-state index < -0.39 is 5.82 Å². The molecule has 6 heteroatoms. The molecule has 0 atom stereocenters. The van der Waals surface area contributed by atoms with E-state index in [0.29, 0.717) is 17.8 Å². The Kier molecular flexibility index (Phi) is 6.02. The smallest absolute Gasteiger partial charge is 0.166 e. The summed E-state index contributed by atoms with van der Waals surface area (Å²) in [6.07, 6.45) is 7.14. The van der Waals surface area contributed by atoms with Crippen molar-refractivity contribution in [1.82, 2.24) is 4.90 Å². The number of methoxy groups -OCH3 is 1. The molecule has 0 aromatic heterocycles. The fraction of sp³-hybridized carbons (Fsp3) is 0.684. The summed E-state index contributed by atoms with van der Waals surface area (Å²) in [5.74, 6) is -0.551. The number of ether oxygens (including phenoxy) is 1. The van der Waals surface area contributed by atoms with E-state index in [1.54, 1.807) is 13.2 Å². The number of hydrogen-bond donors (Lipinski definition) is 1. The number of halogens is 1. The van der Waals surface area contributed by atoms with Crippen LogP contribution in [0, 0.1) is 17.6 Å². The number of hydrogen-bond acceptors (Lipinski definition) is 5. The fourth-order valence-corrected chi connectivity index (χ4v) is 4.21. The molecule has 5 nitrogen and oxygen atoms in total. The third-order valence-electron chi connectivity index (χ3n) is 5.68. The van der Waals surface area contributed by atoms with Crippen molar-refractivity contribution in [2.75, 3.05) is 25.5 Å². The Morgan fingerprint density at radius 1 is 1.16 bits per heavy atom. The van der Waals surface area contributed by atoms with Crippen molar-refractivity contribution in [1.29, 1.82) is 0 Å². The highest BCUT2D eigenvalue weighted by Crippen LogP contribution is 2.32. The second-order valence-corrected chi connectivity index (χ2v) is 7.36. The average molecular weight is 349 g/mol. The first kappa shape index (κ1) is 18.3. The molecule has 0 bridgehead atoms. The van der Waals surface area contributed by atoms with Crippen molar-refractivity contribution in [3.63, 3.8) is 0 Å². The van der Waals surface area contributed by atoms with Gasteiger partial charge >= 0.3 is 0 Å². The number of rotatable bonds is 5. The van der Waals surface area contributed by atoms with E-state index in [1.165, 1.54) is 18.9 Å². The molecule has 1 aromatic rings. The lowest BCUT2D eigenvalue weighted by Gasteiger charge is -2.41. The van der Waals surface area contributed by atoms with Crippen LogP contribution < -0.4 is 5.32 Å². The molecule has 0 unspecified atom stereocenters. The van der Waals surface area contributed by atoms with Crippen LogP contribution in [0.15, 0.2) is 17.3 Å². The fourth-order valence-electron chi connectivity index (χ4n) is 4.21. The molecule has 1 saturated heterocycles. The molecule has 1 saturated carbocycles. The van der Waals surface area contributed by atoms with Crippen LogP contribution in [0.3, 0.4) is 0 Å². The number of anilines is 1. The van der Waals surface area contributed by atoms with E-state index in [-0.39, 0.29) is 11.7 Å². The lowest BCUT2D eigenvalue weighted by Crippen LogP contribution is -2.46. The molecule has 0 radical (unpaired) electrons. The zero-order valence-corrected chi connectivity index (χ0v) is 15.1. The van der Waals surface area contributed by atoms with Gasteiger partial charge in [-0.25, -0.2) is 4.39 Å². The zero-order valence-electron chi connectivity index (χ0n) is 15.1. The van der Waals surface area contributed by atoms with Crippen LogP contribution in [0.1, 0.15) is 44.1 Å². The molecule has 1 aromatic carbocycles. The van der Waals surface area contributed by atoms with Gasteiger partial charge in [-0.2, -0.15) is 0 Å². The lowest BCUT2D eigenvalue weighted by atomic mass is 9.90. The number of likely N-dealkylation sites (tertiary alicyclic amines) is 1. The normalized spacial score (nSPS) is 25.7. The van der Waals surface area contributed by atoms with Crippen LogP contribution in [0.5, 0.6) is 0 Å². The Balaban J connectivity index is 1.54. The second-order valence-electron chi connectivity index (χ2n) is 7.36. The predicted molar refractivity (Wildman–Crippen MR) is 97.9 cm³/mol. The SMILES string of the molecule is COC1CCC(N2CCC(Nc3cc(C)cc(F)c3N=O)CC2)CC1. The quantitative estimate of drug-likeness (QED) is 0.802. The Labute approximate surface area is 148 Å². The topological polar surface area (TPSA) is 53.9 Å². The van der Waals surface area contributed by atoms with Gasteiger partial charge in [0, 0.05) is 32.3 Å². The van der Waals surface area contributed by atoms with E-state index in [9.17, 15) is 9.30 Å². The molecule has 138 valence electrons. The first-order valence-corrected chi connectivity index (χ1v) is 9.27. The predicted octanol–water partition coefficient (Wildman–Crippen LogP) is 4.37. The van der Waals surface area contributed by atoms with Crippen LogP contribution in [-0.4, -0.2) is 43.3 Å². The lowest BCUT2D eigenvalue weighted by molar-refractivity contribution is 0.0329. The maximum atomic E-state index is 13.9. The highest BCUT2D eigenvalue weighted by Gasteiger charge is 2.29. The minimum Gasteiger partial charge on any atom is -0.381 e. The summed E-state index contributed by atoms with van der Waals surface area (Å²) in [5, 5.41) is 6.21. The zero-order chi connectivity index (χ0) is 17.8. The van der Waals surface area contributed by atoms with E-state index in [1.807, 2.05) is 6.92 Å². The van der Waals surface area contributed by atoms with Gasteiger partial charge in [0.15, 0.2) is 11.5 Å². The first-order valence-electron chi connectivity index (χ1n) is 9.27. The highest BCUT2D eigenvalue weighted by molar-refractivity contribution is 5.67. The summed E-state index contributed by atoms with van der Waals surface area (Å²) in [4.78, 5) is 13.5. The summed E-state index contributed by atoms with van der Waals surface area (Å²) in [6, 6.07) is 4.07. The molecular formula is C19H28FN3O2. The summed E-state index contributed by atoms with van der Waals surface area (Å²) >= 11 is 0. The Morgan fingerprint density at radius 2 is 1.84 bits per heavy atom. The maximum absolute atomic E-state index is 13.9. The van der Waals surface area contributed by atoms with Gasteiger partial charge < -0.3 is 15.0 Å². The third-order valence-corrected chi connectivity index (χ3v) is 5.68.